The smallest absolute Gasteiger partial charge is 0.258 e. The Hall–Kier alpha value is -1.03. The molecule has 7 nitrogen and oxygen atoms in total. The maximum atomic E-state index is 9.88. The van der Waals surface area contributed by atoms with Crippen LogP contribution in [0.15, 0.2) is 17.5 Å². The first-order valence-electron chi connectivity index (χ1n) is 2.79. The van der Waals surface area contributed by atoms with Gasteiger partial charge in [0, 0.05) is 6.07 Å². The highest BCUT2D eigenvalue weighted by molar-refractivity contribution is 7.86. The first-order chi connectivity index (χ1) is 5.80. The quantitative estimate of drug-likeness (QED) is 0.506. The normalized spacial score (nSPS) is 10.0. The molecule has 9 heteroatoms. The number of thiophene rings is 1. The fraction of sp³-hybridized carbons (Fsp3) is 0. The van der Waals surface area contributed by atoms with E-state index in [1.807, 2.05) is 0 Å². The lowest BCUT2D eigenvalue weighted by molar-refractivity contribution is -0.380. The van der Waals surface area contributed by atoms with Gasteiger partial charge < -0.3 is 0 Å². The van der Waals surface area contributed by atoms with Gasteiger partial charge in [0.1, 0.15) is 0 Å². The summed E-state index contributed by atoms with van der Waals surface area (Å²) in [6.07, 6.45) is 0. The second-order valence-corrected chi connectivity index (χ2v) is 3.90. The Labute approximate surface area is 78.3 Å². The predicted octanol–water partition coefficient (Wildman–Crippen LogP) is -0.195. The standard InChI is InChI=1S/C4H3NO2S.H4N2O2S/c6-5(7)4-2-1-3-8-4;1-5(2,3)4/h1-3H;(H4,1,2,3,4). The minimum atomic E-state index is -3.67. The van der Waals surface area contributed by atoms with Crippen LogP contribution in [0.25, 0.3) is 0 Å². The van der Waals surface area contributed by atoms with Gasteiger partial charge in [0.25, 0.3) is 10.2 Å². The van der Waals surface area contributed by atoms with Crippen LogP contribution in [0.5, 0.6) is 0 Å². The molecule has 0 aliphatic carbocycles. The Morgan fingerprint density at radius 2 is 1.92 bits per heavy atom. The summed E-state index contributed by atoms with van der Waals surface area (Å²) in [5, 5.41) is 20.0. The van der Waals surface area contributed by atoms with Crippen LogP contribution in [0.2, 0.25) is 0 Å². The van der Waals surface area contributed by atoms with Crippen LogP contribution in [-0.4, -0.2) is 13.3 Å². The molecule has 0 aliphatic rings. The third kappa shape index (κ3) is 8.88. The van der Waals surface area contributed by atoms with Crippen molar-refractivity contribution in [2.75, 3.05) is 0 Å². The fourth-order valence-electron chi connectivity index (χ4n) is 0.374. The lowest BCUT2D eigenvalue weighted by atomic mass is 10.6. The molecular formula is C4H7N3O4S2. The van der Waals surface area contributed by atoms with Crippen molar-refractivity contribution in [1.82, 2.24) is 0 Å². The molecule has 0 aliphatic heterocycles. The molecule has 1 aromatic heterocycles. The largest absolute Gasteiger partial charge is 0.324 e. The first-order valence-corrected chi connectivity index (χ1v) is 5.28. The highest BCUT2D eigenvalue weighted by atomic mass is 32.2. The molecule has 0 fully saturated rings. The van der Waals surface area contributed by atoms with Gasteiger partial charge in [-0.2, -0.15) is 8.42 Å². The van der Waals surface area contributed by atoms with E-state index in [-0.39, 0.29) is 5.00 Å². The lowest BCUT2D eigenvalue weighted by Gasteiger charge is -1.76. The van der Waals surface area contributed by atoms with Gasteiger partial charge in [-0.1, -0.05) is 11.3 Å². The van der Waals surface area contributed by atoms with Gasteiger partial charge in [-0.05, 0) is 11.4 Å². The van der Waals surface area contributed by atoms with Crippen molar-refractivity contribution in [3.05, 3.63) is 27.6 Å². The molecule has 0 spiro atoms. The molecule has 1 rings (SSSR count). The maximum Gasteiger partial charge on any atom is 0.324 e. The van der Waals surface area contributed by atoms with E-state index < -0.39 is 15.1 Å². The van der Waals surface area contributed by atoms with Crippen molar-refractivity contribution in [1.29, 1.82) is 0 Å². The summed E-state index contributed by atoms with van der Waals surface area (Å²) in [6.45, 7) is 0. The monoisotopic (exact) mass is 225 g/mol. The van der Waals surface area contributed by atoms with Crippen LogP contribution in [0.4, 0.5) is 5.00 Å². The molecule has 1 aromatic rings. The van der Waals surface area contributed by atoms with Gasteiger partial charge in [-0.15, -0.1) is 0 Å². The molecular weight excluding hydrogens is 218 g/mol. The van der Waals surface area contributed by atoms with Crippen molar-refractivity contribution in [3.63, 3.8) is 0 Å². The highest BCUT2D eigenvalue weighted by Crippen LogP contribution is 2.16. The first kappa shape index (κ1) is 12.0. The van der Waals surface area contributed by atoms with Gasteiger partial charge in [-0.25, -0.2) is 10.3 Å². The Balaban J connectivity index is 0.000000252. The number of nitrogens with two attached hydrogens (primary N) is 2. The van der Waals surface area contributed by atoms with Crippen LogP contribution >= 0.6 is 11.3 Å². The van der Waals surface area contributed by atoms with E-state index in [2.05, 4.69) is 10.3 Å². The topological polar surface area (TPSA) is 129 Å². The molecule has 0 unspecified atom stereocenters. The summed E-state index contributed by atoms with van der Waals surface area (Å²) in [7, 11) is -3.67. The van der Waals surface area contributed by atoms with E-state index in [9.17, 15) is 18.5 Å². The average molecular weight is 225 g/mol. The van der Waals surface area contributed by atoms with E-state index in [0.29, 0.717) is 0 Å². The van der Waals surface area contributed by atoms with Gasteiger partial charge in [-0.3, -0.25) is 10.1 Å². The van der Waals surface area contributed by atoms with E-state index in [1.165, 1.54) is 6.07 Å². The van der Waals surface area contributed by atoms with Crippen molar-refractivity contribution in [2.24, 2.45) is 10.3 Å². The Morgan fingerprint density at radius 3 is 2.08 bits per heavy atom. The fourth-order valence-corrected chi connectivity index (χ4v) is 0.914. The minimum absolute atomic E-state index is 0.199. The summed E-state index contributed by atoms with van der Waals surface area (Å²) in [4.78, 5) is 9.48. The van der Waals surface area contributed by atoms with Crippen LogP contribution in [0, 0.1) is 10.1 Å². The molecule has 13 heavy (non-hydrogen) atoms. The molecule has 0 amide bonds. The summed E-state index contributed by atoms with van der Waals surface area (Å²) >= 11 is 1.13. The number of hydrogen-bond acceptors (Lipinski definition) is 5. The molecule has 0 atom stereocenters. The Bertz CT molecular complexity index is 349. The number of nitrogens with zero attached hydrogens (tertiary/aromatic N) is 1. The minimum Gasteiger partial charge on any atom is -0.258 e. The molecule has 0 radical (unpaired) electrons. The van der Waals surface area contributed by atoms with Gasteiger partial charge in [0.2, 0.25) is 0 Å². The average Bonchev–Trinajstić information content (AvgIpc) is 2.31. The summed E-state index contributed by atoms with van der Waals surface area (Å²) in [5.41, 5.74) is 0. The summed E-state index contributed by atoms with van der Waals surface area (Å²) in [6, 6.07) is 3.13. The van der Waals surface area contributed by atoms with Crippen LogP contribution < -0.4 is 10.3 Å². The van der Waals surface area contributed by atoms with E-state index in [1.54, 1.807) is 11.4 Å². The Morgan fingerprint density at radius 1 is 1.46 bits per heavy atom. The van der Waals surface area contributed by atoms with Gasteiger partial charge >= 0.3 is 5.00 Å². The zero-order valence-electron chi connectivity index (χ0n) is 6.28. The number of hydrogen-bond donors (Lipinski definition) is 2. The van der Waals surface area contributed by atoms with Crippen molar-refractivity contribution in [2.45, 2.75) is 0 Å². The van der Waals surface area contributed by atoms with Crippen molar-refractivity contribution in [3.8, 4) is 0 Å². The zero-order valence-corrected chi connectivity index (χ0v) is 7.92. The Kier molecular flexibility index (Phi) is 4.48. The lowest BCUT2D eigenvalue weighted by Crippen LogP contribution is -2.21. The molecule has 4 N–H and O–H groups in total. The number of rotatable bonds is 1. The summed E-state index contributed by atoms with van der Waals surface area (Å²) in [5.74, 6) is 0. The molecule has 74 valence electrons. The van der Waals surface area contributed by atoms with E-state index >= 15 is 0 Å². The van der Waals surface area contributed by atoms with Crippen LogP contribution in [0.1, 0.15) is 0 Å². The van der Waals surface area contributed by atoms with Crippen molar-refractivity contribution >= 4 is 26.5 Å². The second kappa shape index (κ2) is 4.87. The van der Waals surface area contributed by atoms with Crippen molar-refractivity contribution < 1.29 is 13.3 Å². The molecule has 0 saturated heterocycles. The second-order valence-electron chi connectivity index (χ2n) is 1.80. The molecule has 0 aromatic carbocycles. The number of nitro groups is 1. The maximum absolute atomic E-state index is 9.88. The van der Waals surface area contributed by atoms with E-state index in [4.69, 9.17) is 0 Å². The third-order valence-corrected chi connectivity index (χ3v) is 1.51. The molecule has 1 heterocycles. The summed E-state index contributed by atoms with van der Waals surface area (Å²) < 4.78 is 18.4. The zero-order chi connectivity index (χ0) is 10.5. The highest BCUT2D eigenvalue weighted by Gasteiger charge is 2.01. The van der Waals surface area contributed by atoms with Crippen LogP contribution in [0.3, 0.4) is 0 Å². The van der Waals surface area contributed by atoms with Gasteiger partial charge in [0.05, 0.1) is 4.92 Å². The third-order valence-electron chi connectivity index (χ3n) is 0.686. The van der Waals surface area contributed by atoms with Gasteiger partial charge in [0.15, 0.2) is 0 Å². The van der Waals surface area contributed by atoms with Crippen LogP contribution in [-0.2, 0) is 10.2 Å². The van der Waals surface area contributed by atoms with E-state index in [0.717, 1.165) is 11.3 Å². The molecule has 0 bridgehead atoms. The predicted molar refractivity (Wildman–Crippen MR) is 48.3 cm³/mol. The SMILES string of the molecule is NS(N)(=O)=O.O=[N+]([O-])c1cccs1. The molecule has 0 saturated carbocycles.